The second-order valence-electron chi connectivity index (χ2n) is 6.30. The summed E-state index contributed by atoms with van der Waals surface area (Å²) in [5, 5.41) is 4.05. The highest BCUT2D eigenvalue weighted by atomic mass is 79.9. The van der Waals surface area contributed by atoms with E-state index in [4.69, 9.17) is 9.26 Å². The maximum absolute atomic E-state index is 12.0. The third kappa shape index (κ3) is 3.93. The molecule has 1 N–H and O–H groups in total. The normalized spacial score (nSPS) is 11.3. The van der Waals surface area contributed by atoms with Gasteiger partial charge in [0.1, 0.15) is 5.75 Å². The van der Waals surface area contributed by atoms with Gasteiger partial charge in [0.15, 0.2) is 0 Å². The molecule has 0 saturated heterocycles. The number of nitrogens with one attached hydrogen (secondary N) is 1. The fourth-order valence-electron chi connectivity index (χ4n) is 2.98. The first-order valence-electron chi connectivity index (χ1n) is 8.78. The van der Waals surface area contributed by atoms with Gasteiger partial charge in [0, 0.05) is 33.6 Å². The lowest BCUT2D eigenvalue weighted by atomic mass is 10.2. The summed E-state index contributed by atoms with van der Waals surface area (Å²) in [5.74, 6) is 1.54. The number of ether oxygens (including phenoxy) is 1. The SMILES string of the molecule is COc1ccc(Br)cc1/C=C/c1nc(-c2cccc(-n3c(C)c[nH]c3=O)c2)no1. The van der Waals surface area contributed by atoms with Crippen molar-refractivity contribution in [2.24, 2.45) is 0 Å². The van der Waals surface area contributed by atoms with Gasteiger partial charge < -0.3 is 14.2 Å². The van der Waals surface area contributed by atoms with Crippen molar-refractivity contribution < 1.29 is 9.26 Å². The van der Waals surface area contributed by atoms with Gasteiger partial charge >= 0.3 is 5.69 Å². The fraction of sp³-hybridized carbons (Fsp3) is 0.0952. The van der Waals surface area contributed by atoms with Crippen LogP contribution in [-0.4, -0.2) is 26.8 Å². The van der Waals surface area contributed by atoms with E-state index in [1.54, 1.807) is 23.9 Å². The molecule has 2 aromatic carbocycles. The topological polar surface area (TPSA) is 85.9 Å². The van der Waals surface area contributed by atoms with E-state index in [1.165, 1.54) is 0 Å². The Morgan fingerprint density at radius 1 is 1.21 bits per heavy atom. The largest absolute Gasteiger partial charge is 0.496 e. The fourth-order valence-corrected chi connectivity index (χ4v) is 3.36. The number of aromatic nitrogens is 4. The van der Waals surface area contributed by atoms with Crippen LogP contribution < -0.4 is 10.4 Å². The monoisotopic (exact) mass is 452 g/mol. The van der Waals surface area contributed by atoms with Crippen LogP contribution in [-0.2, 0) is 0 Å². The van der Waals surface area contributed by atoms with Gasteiger partial charge in [-0.3, -0.25) is 4.57 Å². The smallest absolute Gasteiger partial charge is 0.330 e. The third-order valence-electron chi connectivity index (χ3n) is 4.36. The molecular formula is C21H17BrN4O3. The van der Waals surface area contributed by atoms with E-state index in [-0.39, 0.29) is 5.69 Å². The Morgan fingerprint density at radius 2 is 2.07 bits per heavy atom. The van der Waals surface area contributed by atoms with Gasteiger partial charge in [-0.1, -0.05) is 33.2 Å². The zero-order chi connectivity index (χ0) is 20.4. The molecule has 0 aliphatic heterocycles. The van der Waals surface area contributed by atoms with E-state index in [0.717, 1.165) is 32.7 Å². The zero-order valence-corrected chi connectivity index (χ0v) is 17.3. The first kappa shape index (κ1) is 18.9. The first-order valence-corrected chi connectivity index (χ1v) is 9.57. The number of aryl methyl sites for hydroxylation is 1. The lowest BCUT2D eigenvalue weighted by Gasteiger charge is -2.05. The summed E-state index contributed by atoms with van der Waals surface area (Å²) in [5.41, 5.74) is 2.97. The van der Waals surface area contributed by atoms with Crippen LogP contribution in [0.3, 0.4) is 0 Å². The predicted octanol–water partition coefficient (Wildman–Crippen LogP) is 4.47. The van der Waals surface area contributed by atoms with Gasteiger partial charge in [0.2, 0.25) is 5.82 Å². The molecule has 4 rings (SSSR count). The predicted molar refractivity (Wildman–Crippen MR) is 114 cm³/mol. The van der Waals surface area contributed by atoms with Gasteiger partial charge in [0.05, 0.1) is 12.8 Å². The van der Waals surface area contributed by atoms with Crippen molar-refractivity contribution in [1.29, 1.82) is 0 Å². The van der Waals surface area contributed by atoms with Crippen LogP contribution in [0.2, 0.25) is 0 Å². The number of hydrogen-bond acceptors (Lipinski definition) is 5. The highest BCUT2D eigenvalue weighted by Gasteiger charge is 2.10. The van der Waals surface area contributed by atoms with Crippen molar-refractivity contribution in [2.75, 3.05) is 7.11 Å². The van der Waals surface area contributed by atoms with Gasteiger partial charge in [-0.25, -0.2) is 4.79 Å². The number of nitrogens with zero attached hydrogens (tertiary/aromatic N) is 3. The molecular weight excluding hydrogens is 436 g/mol. The number of halogens is 1. The van der Waals surface area contributed by atoms with Crippen molar-refractivity contribution in [3.63, 3.8) is 0 Å². The summed E-state index contributed by atoms with van der Waals surface area (Å²) in [6.45, 7) is 1.86. The number of hydrogen-bond donors (Lipinski definition) is 1. The van der Waals surface area contributed by atoms with Gasteiger partial charge in [-0.2, -0.15) is 4.98 Å². The summed E-state index contributed by atoms with van der Waals surface area (Å²) in [7, 11) is 1.62. The first-order chi connectivity index (χ1) is 14.0. The summed E-state index contributed by atoms with van der Waals surface area (Å²) >= 11 is 3.45. The zero-order valence-electron chi connectivity index (χ0n) is 15.7. The standard InChI is InChI=1S/C21H17BrN4O3/c1-13-12-23-21(27)26(13)17-5-3-4-15(11-17)20-24-19(29-25-20)9-6-14-10-16(22)7-8-18(14)28-2/h3-12H,1-2H3,(H,23,27)/b9-6+. The molecule has 8 heteroatoms. The van der Waals surface area contributed by atoms with Crippen LogP contribution in [0.15, 0.2) is 62.5 Å². The van der Waals surface area contributed by atoms with Crippen LogP contribution in [0.4, 0.5) is 0 Å². The quantitative estimate of drug-likeness (QED) is 0.482. The minimum atomic E-state index is -0.195. The average Bonchev–Trinajstić information content (AvgIpc) is 3.33. The highest BCUT2D eigenvalue weighted by molar-refractivity contribution is 9.10. The molecule has 146 valence electrons. The number of rotatable bonds is 5. The molecule has 0 amide bonds. The van der Waals surface area contributed by atoms with Gasteiger partial charge in [-0.15, -0.1) is 0 Å². The second-order valence-corrected chi connectivity index (χ2v) is 7.21. The molecule has 0 radical (unpaired) electrons. The maximum Gasteiger partial charge on any atom is 0.330 e. The van der Waals surface area contributed by atoms with Crippen molar-refractivity contribution in [3.05, 3.63) is 80.8 Å². The minimum absolute atomic E-state index is 0.195. The van der Waals surface area contributed by atoms with E-state index < -0.39 is 0 Å². The molecule has 7 nitrogen and oxygen atoms in total. The Balaban J connectivity index is 1.63. The van der Waals surface area contributed by atoms with Crippen molar-refractivity contribution in [1.82, 2.24) is 19.7 Å². The molecule has 29 heavy (non-hydrogen) atoms. The van der Waals surface area contributed by atoms with Crippen LogP contribution in [0.1, 0.15) is 17.1 Å². The summed E-state index contributed by atoms with van der Waals surface area (Å²) < 4.78 is 13.2. The lowest BCUT2D eigenvalue weighted by molar-refractivity contribution is 0.411. The third-order valence-corrected chi connectivity index (χ3v) is 4.86. The maximum atomic E-state index is 12.0. The van der Waals surface area contributed by atoms with Crippen LogP contribution in [0.5, 0.6) is 5.75 Å². The molecule has 0 aliphatic rings. The molecule has 0 saturated carbocycles. The van der Waals surface area contributed by atoms with E-state index in [0.29, 0.717) is 11.7 Å². The molecule has 0 fully saturated rings. The van der Waals surface area contributed by atoms with Crippen molar-refractivity contribution in [2.45, 2.75) is 6.92 Å². The molecule has 0 atom stereocenters. The Bertz CT molecular complexity index is 1250. The van der Waals surface area contributed by atoms with E-state index in [9.17, 15) is 4.79 Å². The van der Waals surface area contributed by atoms with Gasteiger partial charge in [-0.05, 0) is 43.3 Å². The molecule has 0 unspecified atom stereocenters. The number of benzene rings is 2. The Kier molecular flexibility index (Phi) is 5.18. The minimum Gasteiger partial charge on any atom is -0.496 e. The summed E-state index contributed by atoms with van der Waals surface area (Å²) in [6, 6.07) is 13.1. The number of imidazole rings is 1. The van der Waals surface area contributed by atoms with Crippen LogP contribution >= 0.6 is 15.9 Å². The Hall–Kier alpha value is -3.39. The molecule has 0 aliphatic carbocycles. The Labute approximate surface area is 174 Å². The van der Waals surface area contributed by atoms with Crippen LogP contribution in [0, 0.1) is 6.92 Å². The average molecular weight is 453 g/mol. The van der Waals surface area contributed by atoms with Crippen molar-refractivity contribution >= 4 is 28.1 Å². The second kappa shape index (κ2) is 7.92. The molecule has 2 heterocycles. The Morgan fingerprint density at radius 3 is 2.83 bits per heavy atom. The van der Waals surface area contributed by atoms with E-state index in [1.807, 2.05) is 55.5 Å². The lowest BCUT2D eigenvalue weighted by Crippen LogP contribution is -2.15. The number of aromatic amines is 1. The summed E-state index contributed by atoms with van der Waals surface area (Å²) in [4.78, 5) is 19.1. The molecule has 4 aromatic rings. The molecule has 0 spiro atoms. The van der Waals surface area contributed by atoms with Crippen LogP contribution in [0.25, 0.3) is 29.2 Å². The highest BCUT2D eigenvalue weighted by Crippen LogP contribution is 2.25. The number of methoxy groups -OCH3 is 1. The van der Waals surface area contributed by atoms with E-state index >= 15 is 0 Å². The van der Waals surface area contributed by atoms with Crippen molar-refractivity contribution in [3.8, 4) is 22.8 Å². The number of H-pyrrole nitrogens is 1. The summed E-state index contributed by atoms with van der Waals surface area (Å²) in [6.07, 6.45) is 5.24. The molecule has 0 bridgehead atoms. The van der Waals surface area contributed by atoms with E-state index in [2.05, 4.69) is 31.1 Å². The van der Waals surface area contributed by atoms with Gasteiger partial charge in [0.25, 0.3) is 5.89 Å². The molecule has 2 aromatic heterocycles.